The van der Waals surface area contributed by atoms with Crippen molar-refractivity contribution in [3.05, 3.63) is 50.4 Å². The topological polar surface area (TPSA) is 125 Å². The van der Waals surface area contributed by atoms with Crippen molar-refractivity contribution in [1.82, 2.24) is 14.8 Å². The van der Waals surface area contributed by atoms with Gasteiger partial charge in [-0.15, -0.1) is 10.2 Å². The van der Waals surface area contributed by atoms with Crippen molar-refractivity contribution in [2.75, 3.05) is 11.5 Å². The molecule has 0 bridgehead atoms. The highest BCUT2D eigenvalue weighted by molar-refractivity contribution is 7.99. The molecule has 2 heterocycles. The molecule has 0 unspecified atom stereocenters. The molecule has 9 nitrogen and oxygen atoms in total. The number of sulfone groups is 1. The molecule has 24 heavy (non-hydrogen) atoms. The first kappa shape index (κ1) is 16.6. The zero-order valence-corrected chi connectivity index (χ0v) is 14.1. The molecule has 3 rings (SSSR count). The maximum absolute atomic E-state index is 12.5. The van der Waals surface area contributed by atoms with E-state index in [-0.39, 0.29) is 27.6 Å². The lowest BCUT2D eigenvalue weighted by atomic mass is 10.3. The zero-order valence-electron chi connectivity index (χ0n) is 12.4. The fourth-order valence-corrected chi connectivity index (χ4v) is 5.13. The summed E-state index contributed by atoms with van der Waals surface area (Å²) in [4.78, 5) is 22.2. The molecule has 0 saturated carbocycles. The second-order valence-electron chi connectivity index (χ2n) is 5.24. The van der Waals surface area contributed by atoms with E-state index in [1.54, 1.807) is 0 Å². The lowest BCUT2D eigenvalue weighted by Gasteiger charge is -2.13. The Morgan fingerprint density at radius 1 is 1.33 bits per heavy atom. The van der Waals surface area contributed by atoms with E-state index in [9.17, 15) is 23.3 Å². The second-order valence-corrected chi connectivity index (χ2v) is 8.26. The molecular weight excluding hydrogens is 356 g/mol. The van der Waals surface area contributed by atoms with Crippen molar-refractivity contribution in [2.45, 2.75) is 23.0 Å². The number of hydrogen-bond donors (Lipinski definition) is 0. The lowest BCUT2D eigenvalue weighted by molar-refractivity contribution is -0.384. The smallest absolute Gasteiger partial charge is 0.276 e. The molecule has 11 heteroatoms. The lowest BCUT2D eigenvalue weighted by Crippen LogP contribution is -2.31. The summed E-state index contributed by atoms with van der Waals surface area (Å²) in [5, 5.41) is 18.7. The van der Waals surface area contributed by atoms with Crippen LogP contribution in [0.1, 0.15) is 11.7 Å². The van der Waals surface area contributed by atoms with Crippen molar-refractivity contribution in [3.8, 4) is 0 Å². The first-order chi connectivity index (χ1) is 11.3. The first-order valence-corrected chi connectivity index (χ1v) is 9.49. The number of nitro groups is 1. The number of aryl methyl sites for hydroxylation is 1. The van der Waals surface area contributed by atoms with Gasteiger partial charge in [0.2, 0.25) is 0 Å². The van der Waals surface area contributed by atoms with Gasteiger partial charge in [0.15, 0.2) is 15.0 Å². The molecule has 0 N–H and O–H groups in total. The highest BCUT2D eigenvalue weighted by atomic mass is 32.2. The second kappa shape index (κ2) is 5.98. The molecule has 0 amide bonds. The van der Waals surface area contributed by atoms with Crippen LogP contribution in [-0.2, 0) is 9.84 Å². The van der Waals surface area contributed by atoms with Crippen molar-refractivity contribution >= 4 is 27.3 Å². The van der Waals surface area contributed by atoms with E-state index < -0.39 is 20.8 Å². The van der Waals surface area contributed by atoms with Crippen LogP contribution in [0.2, 0.25) is 0 Å². The van der Waals surface area contributed by atoms with Crippen LogP contribution in [0.25, 0.3) is 0 Å². The van der Waals surface area contributed by atoms with Gasteiger partial charge < -0.3 is 0 Å². The summed E-state index contributed by atoms with van der Waals surface area (Å²) in [5.74, 6) is 0.120. The summed E-state index contributed by atoms with van der Waals surface area (Å²) in [6.45, 7) is 1.52. The number of rotatable bonds is 4. The molecule has 0 aliphatic carbocycles. The van der Waals surface area contributed by atoms with Crippen LogP contribution in [0, 0.1) is 17.0 Å². The normalized spacial score (nSPS) is 16.8. The average molecular weight is 368 g/mol. The summed E-state index contributed by atoms with van der Waals surface area (Å²) in [5.41, 5.74) is -0.328. The Labute approximate surface area is 140 Å². The monoisotopic (exact) mass is 368 g/mol. The number of nitro benzene ring substituents is 1. The predicted molar refractivity (Wildman–Crippen MR) is 85.9 cm³/mol. The highest BCUT2D eigenvalue weighted by Crippen LogP contribution is 2.31. The van der Waals surface area contributed by atoms with Gasteiger partial charge in [0.25, 0.3) is 11.2 Å². The Kier molecular flexibility index (Phi) is 4.13. The first-order valence-electron chi connectivity index (χ1n) is 6.85. The van der Waals surface area contributed by atoms with E-state index in [1.165, 1.54) is 35.4 Å². The Balaban J connectivity index is 1.91. The number of benzene rings is 1. The SMILES string of the molecule is Cc1nnc2n(c1=O)[C@@H](CS(=O)(=O)c1ccc([N+](=O)[O-])cc1)CS2. The maximum Gasteiger partial charge on any atom is 0.276 e. The van der Waals surface area contributed by atoms with Gasteiger partial charge in [0, 0.05) is 17.9 Å². The molecule has 126 valence electrons. The summed E-state index contributed by atoms with van der Waals surface area (Å²) in [7, 11) is -3.70. The Bertz CT molecular complexity index is 969. The molecule has 1 aromatic heterocycles. The predicted octanol–water partition coefficient (Wildman–Crippen LogP) is 0.976. The summed E-state index contributed by atoms with van der Waals surface area (Å²) < 4.78 is 26.4. The number of fused-ring (bicyclic) bond motifs is 1. The zero-order chi connectivity index (χ0) is 17.5. The standard InChI is InChI=1S/C13H12N4O5S2/c1-8-12(18)16-10(6-23-13(16)15-14-8)7-24(21,22)11-4-2-9(3-5-11)17(19)20/h2-5,10H,6-7H2,1H3/t10-/m1/s1. The Hall–Kier alpha value is -2.27. The number of aromatic nitrogens is 3. The van der Waals surface area contributed by atoms with Crippen LogP contribution in [-0.4, -0.2) is 39.6 Å². The van der Waals surface area contributed by atoms with Crippen molar-refractivity contribution in [1.29, 1.82) is 0 Å². The molecule has 0 saturated heterocycles. The Morgan fingerprint density at radius 2 is 2.00 bits per heavy atom. The maximum atomic E-state index is 12.5. The number of nitrogens with zero attached hydrogens (tertiary/aromatic N) is 4. The largest absolute Gasteiger partial charge is 0.280 e. The van der Waals surface area contributed by atoms with E-state index in [2.05, 4.69) is 10.2 Å². The fraction of sp³-hybridized carbons (Fsp3) is 0.308. The van der Waals surface area contributed by atoms with Gasteiger partial charge in [-0.25, -0.2) is 8.42 Å². The van der Waals surface area contributed by atoms with Crippen LogP contribution in [0.15, 0.2) is 39.1 Å². The van der Waals surface area contributed by atoms with E-state index >= 15 is 0 Å². The molecule has 0 fully saturated rings. The van der Waals surface area contributed by atoms with E-state index in [0.29, 0.717) is 10.9 Å². The van der Waals surface area contributed by atoms with Gasteiger partial charge in [-0.2, -0.15) is 0 Å². The van der Waals surface area contributed by atoms with Gasteiger partial charge in [0.05, 0.1) is 21.6 Å². The third kappa shape index (κ3) is 2.91. The molecule has 1 aromatic carbocycles. The van der Waals surface area contributed by atoms with Gasteiger partial charge in [-0.05, 0) is 19.1 Å². The van der Waals surface area contributed by atoms with Gasteiger partial charge in [-0.3, -0.25) is 19.5 Å². The van der Waals surface area contributed by atoms with Gasteiger partial charge >= 0.3 is 0 Å². The summed E-state index contributed by atoms with van der Waals surface area (Å²) >= 11 is 1.28. The van der Waals surface area contributed by atoms with E-state index in [1.807, 2.05) is 0 Å². The number of hydrogen-bond acceptors (Lipinski definition) is 8. The van der Waals surface area contributed by atoms with Gasteiger partial charge in [-0.1, -0.05) is 11.8 Å². The van der Waals surface area contributed by atoms with Crippen molar-refractivity contribution < 1.29 is 13.3 Å². The van der Waals surface area contributed by atoms with Crippen LogP contribution in [0.3, 0.4) is 0 Å². The number of non-ortho nitro benzene ring substituents is 1. The molecule has 0 spiro atoms. The van der Waals surface area contributed by atoms with E-state index in [0.717, 1.165) is 12.1 Å². The third-order valence-corrected chi connectivity index (χ3v) is 6.51. The minimum atomic E-state index is -3.70. The molecule has 0 radical (unpaired) electrons. The van der Waals surface area contributed by atoms with Crippen molar-refractivity contribution in [2.24, 2.45) is 0 Å². The minimum absolute atomic E-state index is 0.0154. The quantitative estimate of drug-likeness (QED) is 0.577. The summed E-state index contributed by atoms with van der Waals surface area (Å²) in [6, 6.07) is 4.15. The molecule has 2 aromatic rings. The fourth-order valence-electron chi connectivity index (χ4n) is 2.38. The molecule has 1 aliphatic heterocycles. The van der Waals surface area contributed by atoms with Crippen LogP contribution in [0.5, 0.6) is 0 Å². The molecule has 1 atom stereocenters. The van der Waals surface area contributed by atoms with Gasteiger partial charge in [0.1, 0.15) is 5.69 Å². The van der Waals surface area contributed by atoms with Crippen LogP contribution in [0.4, 0.5) is 5.69 Å². The molecule has 1 aliphatic rings. The van der Waals surface area contributed by atoms with E-state index in [4.69, 9.17) is 0 Å². The highest BCUT2D eigenvalue weighted by Gasteiger charge is 2.31. The third-order valence-electron chi connectivity index (χ3n) is 3.61. The molecular formula is C13H12N4O5S2. The number of thioether (sulfide) groups is 1. The van der Waals surface area contributed by atoms with Crippen LogP contribution >= 0.6 is 11.8 Å². The Morgan fingerprint density at radius 3 is 2.62 bits per heavy atom. The average Bonchev–Trinajstić information content (AvgIpc) is 2.94. The summed E-state index contributed by atoms with van der Waals surface area (Å²) in [6.07, 6.45) is 0. The van der Waals surface area contributed by atoms with Crippen molar-refractivity contribution in [3.63, 3.8) is 0 Å². The van der Waals surface area contributed by atoms with Crippen LogP contribution < -0.4 is 5.56 Å². The minimum Gasteiger partial charge on any atom is -0.280 e.